The van der Waals surface area contributed by atoms with E-state index in [1.165, 1.54) is 0 Å². The van der Waals surface area contributed by atoms with Gasteiger partial charge >= 0.3 is 0 Å². The van der Waals surface area contributed by atoms with Crippen LogP contribution in [0.25, 0.3) is 0 Å². The van der Waals surface area contributed by atoms with Crippen molar-refractivity contribution in [3.63, 3.8) is 0 Å². The lowest BCUT2D eigenvalue weighted by molar-refractivity contribution is -0.126. The highest BCUT2D eigenvalue weighted by Crippen LogP contribution is 2.18. The van der Waals surface area contributed by atoms with Gasteiger partial charge in [-0.15, -0.1) is 0 Å². The molecule has 0 aliphatic heterocycles. The molecule has 0 fully saturated rings. The molecule has 0 aliphatic carbocycles. The summed E-state index contributed by atoms with van der Waals surface area (Å²) in [4.78, 5) is 12.0. The lowest BCUT2D eigenvalue weighted by Crippen LogP contribution is -2.14. The Morgan fingerprint density at radius 2 is 1.89 bits per heavy atom. The van der Waals surface area contributed by atoms with Gasteiger partial charge in [0, 0.05) is 6.42 Å². The molecule has 0 bridgehead atoms. The summed E-state index contributed by atoms with van der Waals surface area (Å²) in [7, 11) is 1.58. The minimum Gasteiger partial charge on any atom is -0.497 e. The van der Waals surface area contributed by atoms with E-state index in [1.807, 2.05) is 24.3 Å². The number of ether oxygens (including phenoxy) is 1. The van der Waals surface area contributed by atoms with Gasteiger partial charge in [0.25, 0.3) is 0 Å². The molecule has 0 saturated heterocycles. The lowest BCUT2D eigenvalue weighted by atomic mass is 10.00. The highest BCUT2D eigenvalue weighted by atomic mass is 16.5. The Labute approximate surface area is 112 Å². The molecule has 0 aromatic heterocycles. The number of rotatable bonds is 5. The third-order valence-electron chi connectivity index (χ3n) is 2.93. The fraction of sp³-hybridized carbons (Fsp3) is 0.188. The molecule has 1 atom stereocenters. The van der Waals surface area contributed by atoms with Gasteiger partial charge in [-0.3, -0.25) is 4.79 Å². The molecular formula is C16H16O3. The summed E-state index contributed by atoms with van der Waals surface area (Å²) in [6, 6.07) is 16.2. The summed E-state index contributed by atoms with van der Waals surface area (Å²) in [5.74, 6) is 0.485. The van der Waals surface area contributed by atoms with E-state index in [-0.39, 0.29) is 12.2 Å². The number of ketones is 1. The number of Topliss-reactive ketones (excluding diaryl/α,β-unsaturated/α-hetero) is 1. The van der Waals surface area contributed by atoms with Crippen LogP contribution in [0.2, 0.25) is 0 Å². The van der Waals surface area contributed by atoms with Gasteiger partial charge in [0.2, 0.25) is 0 Å². The highest BCUT2D eigenvalue weighted by molar-refractivity contribution is 5.86. The van der Waals surface area contributed by atoms with Gasteiger partial charge in [-0.1, -0.05) is 42.5 Å². The maximum atomic E-state index is 12.0. The normalized spacial score (nSPS) is 11.9. The van der Waals surface area contributed by atoms with Crippen molar-refractivity contribution in [1.82, 2.24) is 0 Å². The maximum Gasteiger partial charge on any atom is 0.170 e. The first-order chi connectivity index (χ1) is 9.20. The molecule has 2 aromatic carbocycles. The van der Waals surface area contributed by atoms with Gasteiger partial charge in [-0.25, -0.2) is 0 Å². The number of methoxy groups -OCH3 is 1. The van der Waals surface area contributed by atoms with E-state index in [4.69, 9.17) is 4.74 Å². The molecule has 2 aromatic rings. The van der Waals surface area contributed by atoms with Crippen molar-refractivity contribution in [1.29, 1.82) is 0 Å². The molecular weight excluding hydrogens is 240 g/mol. The third kappa shape index (κ3) is 3.42. The number of hydrogen-bond donors (Lipinski definition) is 1. The molecule has 19 heavy (non-hydrogen) atoms. The number of carbonyl (C=O) groups excluding carboxylic acids is 1. The van der Waals surface area contributed by atoms with Crippen molar-refractivity contribution >= 4 is 5.78 Å². The van der Waals surface area contributed by atoms with Crippen molar-refractivity contribution in [2.75, 3.05) is 7.11 Å². The molecule has 0 aliphatic rings. The summed E-state index contributed by atoms with van der Waals surface area (Å²) >= 11 is 0. The monoisotopic (exact) mass is 256 g/mol. The molecule has 0 saturated carbocycles. The summed E-state index contributed by atoms with van der Waals surface area (Å²) in [6.45, 7) is 0. The largest absolute Gasteiger partial charge is 0.497 e. The Morgan fingerprint density at radius 3 is 2.58 bits per heavy atom. The van der Waals surface area contributed by atoms with E-state index < -0.39 is 6.10 Å². The second-order valence-corrected chi connectivity index (χ2v) is 4.31. The molecule has 2 rings (SSSR count). The first-order valence-corrected chi connectivity index (χ1v) is 6.09. The summed E-state index contributed by atoms with van der Waals surface area (Å²) in [5, 5.41) is 10.00. The predicted molar refractivity (Wildman–Crippen MR) is 73.1 cm³/mol. The van der Waals surface area contributed by atoms with Crippen LogP contribution in [-0.4, -0.2) is 18.0 Å². The van der Waals surface area contributed by atoms with Crippen molar-refractivity contribution in [2.45, 2.75) is 12.5 Å². The summed E-state index contributed by atoms with van der Waals surface area (Å²) in [6.07, 6.45) is -0.889. The Bertz CT molecular complexity index is 549. The molecule has 1 N–H and O–H groups in total. The lowest BCUT2D eigenvalue weighted by Gasteiger charge is -2.10. The number of benzene rings is 2. The van der Waals surface area contributed by atoms with Crippen LogP contribution in [0.15, 0.2) is 54.6 Å². The van der Waals surface area contributed by atoms with E-state index in [2.05, 4.69) is 0 Å². The van der Waals surface area contributed by atoms with Gasteiger partial charge in [0.05, 0.1) is 7.11 Å². The van der Waals surface area contributed by atoms with Gasteiger partial charge in [-0.05, 0) is 23.3 Å². The predicted octanol–water partition coefficient (Wildman–Crippen LogP) is 2.54. The van der Waals surface area contributed by atoms with Crippen LogP contribution in [0.3, 0.4) is 0 Å². The van der Waals surface area contributed by atoms with Crippen LogP contribution in [-0.2, 0) is 11.2 Å². The fourth-order valence-corrected chi connectivity index (χ4v) is 1.90. The van der Waals surface area contributed by atoms with Gasteiger partial charge in [-0.2, -0.15) is 0 Å². The molecule has 0 amide bonds. The minimum absolute atomic E-state index is 0.188. The van der Waals surface area contributed by atoms with Crippen molar-refractivity contribution in [3.8, 4) is 5.75 Å². The minimum atomic E-state index is -1.08. The van der Waals surface area contributed by atoms with Crippen LogP contribution in [0, 0.1) is 0 Å². The van der Waals surface area contributed by atoms with E-state index in [9.17, 15) is 9.90 Å². The van der Waals surface area contributed by atoms with Crippen molar-refractivity contribution < 1.29 is 14.6 Å². The molecule has 3 nitrogen and oxygen atoms in total. The maximum absolute atomic E-state index is 12.0. The Morgan fingerprint density at radius 1 is 1.16 bits per heavy atom. The van der Waals surface area contributed by atoms with E-state index >= 15 is 0 Å². The molecule has 98 valence electrons. The Hall–Kier alpha value is -2.13. The number of aliphatic hydroxyl groups excluding tert-OH is 1. The second kappa shape index (κ2) is 6.16. The van der Waals surface area contributed by atoms with Crippen LogP contribution >= 0.6 is 0 Å². The van der Waals surface area contributed by atoms with Gasteiger partial charge in [0.1, 0.15) is 11.9 Å². The number of carbonyl (C=O) groups is 1. The molecule has 0 heterocycles. The first-order valence-electron chi connectivity index (χ1n) is 6.09. The Kier molecular flexibility index (Phi) is 4.31. The summed E-state index contributed by atoms with van der Waals surface area (Å²) in [5.41, 5.74) is 1.45. The Balaban J connectivity index is 2.08. The fourth-order valence-electron chi connectivity index (χ4n) is 1.90. The quantitative estimate of drug-likeness (QED) is 0.894. The first kappa shape index (κ1) is 13.3. The number of hydrogen-bond acceptors (Lipinski definition) is 3. The number of aliphatic hydroxyl groups is 1. The zero-order chi connectivity index (χ0) is 13.7. The van der Waals surface area contributed by atoms with Crippen molar-refractivity contribution in [2.24, 2.45) is 0 Å². The van der Waals surface area contributed by atoms with E-state index in [1.54, 1.807) is 37.4 Å². The van der Waals surface area contributed by atoms with Crippen LogP contribution < -0.4 is 4.74 Å². The topological polar surface area (TPSA) is 46.5 Å². The van der Waals surface area contributed by atoms with Gasteiger partial charge in [0.15, 0.2) is 5.78 Å². The second-order valence-electron chi connectivity index (χ2n) is 4.31. The molecule has 3 heteroatoms. The highest BCUT2D eigenvalue weighted by Gasteiger charge is 2.17. The SMILES string of the molecule is COc1cccc(CC(=O)C(O)c2ccccc2)c1. The zero-order valence-corrected chi connectivity index (χ0v) is 10.7. The van der Waals surface area contributed by atoms with Crippen LogP contribution in [0.5, 0.6) is 5.75 Å². The molecule has 0 radical (unpaired) electrons. The van der Waals surface area contributed by atoms with E-state index in [0.29, 0.717) is 11.3 Å². The molecule has 0 spiro atoms. The average molecular weight is 256 g/mol. The smallest absolute Gasteiger partial charge is 0.170 e. The zero-order valence-electron chi connectivity index (χ0n) is 10.7. The van der Waals surface area contributed by atoms with Crippen molar-refractivity contribution in [3.05, 3.63) is 65.7 Å². The van der Waals surface area contributed by atoms with Gasteiger partial charge < -0.3 is 9.84 Å². The average Bonchev–Trinajstić information content (AvgIpc) is 2.47. The van der Waals surface area contributed by atoms with E-state index in [0.717, 1.165) is 5.56 Å². The van der Waals surface area contributed by atoms with Crippen LogP contribution in [0.1, 0.15) is 17.2 Å². The third-order valence-corrected chi connectivity index (χ3v) is 2.93. The van der Waals surface area contributed by atoms with Crippen LogP contribution in [0.4, 0.5) is 0 Å². The summed E-state index contributed by atoms with van der Waals surface area (Å²) < 4.78 is 5.11. The standard InChI is InChI=1S/C16H16O3/c1-19-14-9-5-6-12(10-14)11-15(17)16(18)13-7-3-2-4-8-13/h2-10,16,18H,11H2,1H3. The molecule has 1 unspecified atom stereocenters.